The summed E-state index contributed by atoms with van der Waals surface area (Å²) >= 11 is 0. The Morgan fingerprint density at radius 3 is 2.81 bits per heavy atom. The number of nitrogens with zero attached hydrogens (tertiary/aromatic N) is 3. The van der Waals surface area contributed by atoms with E-state index in [1.165, 1.54) is 4.90 Å². The number of nitrogens with one attached hydrogen (secondary N) is 1. The van der Waals surface area contributed by atoms with Crippen LogP contribution in [0.3, 0.4) is 0 Å². The number of pyridine rings is 1. The molecule has 7 nitrogen and oxygen atoms in total. The predicted octanol–water partition coefficient (Wildman–Crippen LogP) is 0.0228. The minimum atomic E-state index is -0.515. The molecular formula is C14H18N4O3. The van der Waals surface area contributed by atoms with E-state index in [-0.39, 0.29) is 30.9 Å². The molecule has 0 spiro atoms. The van der Waals surface area contributed by atoms with Crippen molar-refractivity contribution in [2.24, 2.45) is 0 Å². The van der Waals surface area contributed by atoms with Gasteiger partial charge >= 0.3 is 6.03 Å². The maximum Gasteiger partial charge on any atom is 0.325 e. The molecule has 0 aromatic carbocycles. The van der Waals surface area contributed by atoms with Crippen molar-refractivity contribution in [3.63, 3.8) is 0 Å². The first kappa shape index (κ1) is 15.0. The van der Waals surface area contributed by atoms with E-state index in [2.05, 4.69) is 10.3 Å². The maximum absolute atomic E-state index is 12.2. The number of amides is 4. The molecule has 112 valence electrons. The molecule has 7 heteroatoms. The average Bonchev–Trinajstić information content (AvgIpc) is 2.77. The van der Waals surface area contributed by atoms with Gasteiger partial charge < -0.3 is 9.80 Å². The summed E-state index contributed by atoms with van der Waals surface area (Å²) in [6, 6.07) is 5.08. The van der Waals surface area contributed by atoms with Gasteiger partial charge in [0.25, 0.3) is 0 Å². The first-order valence-corrected chi connectivity index (χ1v) is 6.71. The zero-order chi connectivity index (χ0) is 15.4. The van der Waals surface area contributed by atoms with E-state index in [0.29, 0.717) is 6.42 Å². The molecule has 1 atom stereocenters. The molecular weight excluding hydrogens is 272 g/mol. The highest BCUT2D eigenvalue weighted by Crippen LogP contribution is 2.07. The summed E-state index contributed by atoms with van der Waals surface area (Å²) in [4.78, 5) is 41.7. The van der Waals surface area contributed by atoms with E-state index in [1.54, 1.807) is 18.1 Å². The second-order valence-electron chi connectivity index (χ2n) is 5.09. The van der Waals surface area contributed by atoms with E-state index in [0.717, 1.165) is 5.69 Å². The zero-order valence-electron chi connectivity index (χ0n) is 12.1. The van der Waals surface area contributed by atoms with Gasteiger partial charge in [-0.3, -0.25) is 19.9 Å². The van der Waals surface area contributed by atoms with Crippen LogP contribution in [0.5, 0.6) is 0 Å². The Morgan fingerprint density at radius 1 is 1.48 bits per heavy atom. The van der Waals surface area contributed by atoms with Crippen LogP contribution in [-0.2, 0) is 16.0 Å². The Morgan fingerprint density at radius 2 is 2.24 bits per heavy atom. The van der Waals surface area contributed by atoms with Crippen LogP contribution in [-0.4, -0.2) is 58.8 Å². The molecule has 1 N–H and O–H groups in total. The normalized spacial score (nSPS) is 15.8. The predicted molar refractivity (Wildman–Crippen MR) is 75.3 cm³/mol. The van der Waals surface area contributed by atoms with E-state index in [1.807, 2.05) is 25.1 Å². The van der Waals surface area contributed by atoms with Crippen molar-refractivity contribution in [1.82, 2.24) is 20.1 Å². The van der Waals surface area contributed by atoms with Crippen molar-refractivity contribution in [3.05, 3.63) is 30.1 Å². The van der Waals surface area contributed by atoms with Crippen molar-refractivity contribution in [2.45, 2.75) is 19.4 Å². The second kappa shape index (κ2) is 6.34. The van der Waals surface area contributed by atoms with Crippen LogP contribution < -0.4 is 5.32 Å². The number of hydrogen-bond acceptors (Lipinski definition) is 4. The molecule has 0 bridgehead atoms. The third kappa shape index (κ3) is 3.77. The Kier molecular flexibility index (Phi) is 4.52. The van der Waals surface area contributed by atoms with Crippen LogP contribution in [0, 0.1) is 0 Å². The molecule has 0 aliphatic carbocycles. The van der Waals surface area contributed by atoms with Gasteiger partial charge in [0.15, 0.2) is 0 Å². The fourth-order valence-electron chi connectivity index (χ4n) is 2.09. The van der Waals surface area contributed by atoms with Crippen molar-refractivity contribution in [1.29, 1.82) is 0 Å². The third-order valence-electron chi connectivity index (χ3n) is 3.48. The number of carbonyl (C=O) groups excluding carboxylic acids is 3. The van der Waals surface area contributed by atoms with Gasteiger partial charge in [-0.05, 0) is 19.1 Å². The van der Waals surface area contributed by atoms with Gasteiger partial charge in [0.1, 0.15) is 13.1 Å². The van der Waals surface area contributed by atoms with Crippen LogP contribution in [0.1, 0.15) is 12.6 Å². The van der Waals surface area contributed by atoms with E-state index in [9.17, 15) is 14.4 Å². The minimum absolute atomic E-state index is 0.0474. The SMILES string of the molecule is CC(Cc1ccccn1)N(C)C(=O)CN1CC(=O)NC1=O. The van der Waals surface area contributed by atoms with Gasteiger partial charge in [-0.2, -0.15) is 0 Å². The smallest absolute Gasteiger partial charge is 0.325 e. The molecule has 2 rings (SSSR count). The highest BCUT2D eigenvalue weighted by atomic mass is 16.2. The van der Waals surface area contributed by atoms with Crippen LogP contribution in [0.4, 0.5) is 4.79 Å². The standard InChI is InChI=1S/C14H18N4O3/c1-10(7-11-5-3-4-6-15-11)17(2)13(20)9-18-8-12(19)16-14(18)21/h3-6,10H,7-9H2,1-2H3,(H,16,19,21). The number of carbonyl (C=O) groups is 3. The lowest BCUT2D eigenvalue weighted by molar-refractivity contribution is -0.132. The quantitative estimate of drug-likeness (QED) is 0.775. The summed E-state index contributed by atoms with van der Waals surface area (Å²) in [7, 11) is 1.69. The topological polar surface area (TPSA) is 82.6 Å². The highest BCUT2D eigenvalue weighted by molar-refractivity contribution is 6.03. The molecule has 4 amide bonds. The summed E-state index contributed by atoms with van der Waals surface area (Å²) in [5, 5.41) is 2.15. The van der Waals surface area contributed by atoms with Gasteiger partial charge in [0.2, 0.25) is 11.8 Å². The fourth-order valence-corrected chi connectivity index (χ4v) is 2.09. The molecule has 0 saturated carbocycles. The van der Waals surface area contributed by atoms with Crippen LogP contribution >= 0.6 is 0 Å². The minimum Gasteiger partial charge on any atom is -0.341 e. The lowest BCUT2D eigenvalue weighted by Gasteiger charge is -2.26. The van der Waals surface area contributed by atoms with Gasteiger partial charge in [0, 0.05) is 31.4 Å². The van der Waals surface area contributed by atoms with Gasteiger partial charge in [0.05, 0.1) is 0 Å². The summed E-state index contributed by atoms with van der Waals surface area (Å²) in [5.74, 6) is -0.583. The Hall–Kier alpha value is -2.44. The van der Waals surface area contributed by atoms with E-state index < -0.39 is 6.03 Å². The van der Waals surface area contributed by atoms with Crippen LogP contribution in [0.2, 0.25) is 0 Å². The van der Waals surface area contributed by atoms with Crippen molar-refractivity contribution in [2.75, 3.05) is 20.1 Å². The first-order valence-electron chi connectivity index (χ1n) is 6.71. The fraction of sp³-hybridized carbons (Fsp3) is 0.429. The number of aromatic nitrogens is 1. The Labute approximate surface area is 122 Å². The molecule has 1 fully saturated rings. The molecule has 1 unspecified atom stereocenters. The summed E-state index contributed by atoms with van der Waals surface area (Å²) in [6.07, 6.45) is 2.35. The van der Waals surface area contributed by atoms with E-state index in [4.69, 9.17) is 0 Å². The molecule has 2 heterocycles. The summed E-state index contributed by atoms with van der Waals surface area (Å²) < 4.78 is 0. The van der Waals surface area contributed by atoms with E-state index >= 15 is 0 Å². The highest BCUT2D eigenvalue weighted by Gasteiger charge is 2.29. The molecule has 21 heavy (non-hydrogen) atoms. The van der Waals surface area contributed by atoms with Crippen LogP contribution in [0.25, 0.3) is 0 Å². The monoisotopic (exact) mass is 290 g/mol. The second-order valence-corrected chi connectivity index (χ2v) is 5.09. The lowest BCUT2D eigenvalue weighted by atomic mass is 10.1. The third-order valence-corrected chi connectivity index (χ3v) is 3.48. The van der Waals surface area contributed by atoms with Crippen molar-refractivity contribution >= 4 is 17.8 Å². The van der Waals surface area contributed by atoms with Crippen molar-refractivity contribution < 1.29 is 14.4 Å². The number of rotatable bonds is 5. The number of hydrogen-bond donors (Lipinski definition) is 1. The maximum atomic E-state index is 12.2. The summed E-state index contributed by atoms with van der Waals surface area (Å²) in [6.45, 7) is 1.76. The summed E-state index contributed by atoms with van der Waals surface area (Å²) in [5.41, 5.74) is 0.902. The molecule has 0 radical (unpaired) electrons. The first-order chi connectivity index (χ1) is 9.97. The molecule has 1 aromatic rings. The number of likely N-dealkylation sites (N-methyl/N-ethyl adjacent to an activating group) is 1. The van der Waals surface area contributed by atoms with Gasteiger partial charge in [-0.1, -0.05) is 6.07 Å². The Balaban J connectivity index is 1.89. The van der Waals surface area contributed by atoms with Crippen LogP contribution in [0.15, 0.2) is 24.4 Å². The van der Waals surface area contributed by atoms with Crippen molar-refractivity contribution in [3.8, 4) is 0 Å². The molecule has 1 saturated heterocycles. The Bertz CT molecular complexity index is 546. The number of imide groups is 1. The molecule has 1 aliphatic rings. The lowest BCUT2D eigenvalue weighted by Crippen LogP contribution is -2.44. The average molecular weight is 290 g/mol. The van der Waals surface area contributed by atoms with Gasteiger partial charge in [-0.15, -0.1) is 0 Å². The molecule has 1 aliphatic heterocycles. The largest absolute Gasteiger partial charge is 0.341 e. The number of urea groups is 1. The molecule has 1 aromatic heterocycles. The van der Waals surface area contributed by atoms with Gasteiger partial charge in [-0.25, -0.2) is 4.79 Å². The zero-order valence-corrected chi connectivity index (χ0v) is 12.1.